The van der Waals surface area contributed by atoms with E-state index >= 15 is 0 Å². The van der Waals surface area contributed by atoms with Gasteiger partial charge in [-0.1, -0.05) is 60.7 Å². The van der Waals surface area contributed by atoms with Gasteiger partial charge in [0.15, 0.2) is 6.29 Å². The molecular weight excluding hydrogens is 452 g/mol. The molecule has 2 fully saturated rings. The Morgan fingerprint density at radius 3 is 2.11 bits per heavy atom. The Balaban J connectivity index is 1.55. The van der Waals surface area contributed by atoms with Crippen molar-refractivity contribution in [2.45, 2.75) is 75.9 Å². The van der Waals surface area contributed by atoms with E-state index in [0.717, 1.165) is 11.1 Å². The van der Waals surface area contributed by atoms with E-state index in [1.807, 2.05) is 60.7 Å². The standard InChI is InChI=1S/C27H34O8/c1-3-31-23(29)15-21-20(28)14-22-24(34-21)25(32-16-18-10-6-4-7-11-18)26(27(30-2)35-22)33-17-19-12-8-5-9-13-19/h4-13,20-22,24-28H,3,14-17H2,1-2H3/t20-,21+,22+,24+,25-,26+,27-/m0/s1. The van der Waals surface area contributed by atoms with Crippen LogP contribution < -0.4 is 0 Å². The summed E-state index contributed by atoms with van der Waals surface area (Å²) in [7, 11) is 1.56. The number of rotatable bonds is 10. The van der Waals surface area contributed by atoms with Gasteiger partial charge in [0.1, 0.15) is 18.3 Å². The van der Waals surface area contributed by atoms with Crippen LogP contribution in [-0.2, 0) is 46.4 Å². The molecule has 0 amide bonds. The topological polar surface area (TPSA) is 92.7 Å². The Morgan fingerprint density at radius 1 is 0.943 bits per heavy atom. The van der Waals surface area contributed by atoms with E-state index in [4.69, 9.17) is 28.4 Å². The molecule has 1 N–H and O–H groups in total. The lowest BCUT2D eigenvalue weighted by Gasteiger charge is -2.50. The number of esters is 1. The zero-order valence-corrected chi connectivity index (χ0v) is 20.2. The molecule has 0 saturated carbocycles. The molecule has 190 valence electrons. The number of benzene rings is 2. The van der Waals surface area contributed by atoms with Crippen LogP contribution in [0.1, 0.15) is 30.9 Å². The molecule has 2 heterocycles. The highest BCUT2D eigenvalue weighted by Crippen LogP contribution is 2.36. The molecule has 35 heavy (non-hydrogen) atoms. The van der Waals surface area contributed by atoms with Gasteiger partial charge in [-0.05, 0) is 18.1 Å². The van der Waals surface area contributed by atoms with Gasteiger partial charge in [0, 0.05) is 13.5 Å². The van der Waals surface area contributed by atoms with Gasteiger partial charge in [-0.3, -0.25) is 4.79 Å². The largest absolute Gasteiger partial charge is 0.466 e. The molecule has 0 bridgehead atoms. The van der Waals surface area contributed by atoms with Crippen molar-refractivity contribution in [2.75, 3.05) is 13.7 Å². The lowest BCUT2D eigenvalue weighted by atomic mass is 9.89. The summed E-state index contributed by atoms with van der Waals surface area (Å²) in [6.45, 7) is 2.69. The third-order valence-corrected chi connectivity index (χ3v) is 6.30. The fraction of sp³-hybridized carbons (Fsp3) is 0.519. The molecule has 0 aromatic heterocycles. The maximum absolute atomic E-state index is 12.1. The minimum Gasteiger partial charge on any atom is -0.466 e. The quantitative estimate of drug-likeness (QED) is 0.513. The molecule has 4 rings (SSSR count). The molecule has 2 aliphatic rings. The lowest BCUT2D eigenvalue weighted by Crippen LogP contribution is -2.64. The monoisotopic (exact) mass is 486 g/mol. The van der Waals surface area contributed by atoms with Crippen LogP contribution in [0.5, 0.6) is 0 Å². The van der Waals surface area contributed by atoms with Crippen LogP contribution >= 0.6 is 0 Å². The Bertz CT molecular complexity index is 908. The summed E-state index contributed by atoms with van der Waals surface area (Å²) in [4.78, 5) is 12.1. The molecule has 2 saturated heterocycles. The minimum atomic E-state index is -0.880. The summed E-state index contributed by atoms with van der Waals surface area (Å²) in [5.74, 6) is -0.417. The van der Waals surface area contributed by atoms with Gasteiger partial charge in [0.25, 0.3) is 0 Å². The first kappa shape index (κ1) is 25.8. The zero-order chi connectivity index (χ0) is 24.6. The van der Waals surface area contributed by atoms with Crippen molar-refractivity contribution in [2.24, 2.45) is 0 Å². The summed E-state index contributed by atoms with van der Waals surface area (Å²) in [5, 5.41) is 10.7. The van der Waals surface area contributed by atoms with Crippen LogP contribution in [0.2, 0.25) is 0 Å². The highest BCUT2D eigenvalue weighted by Gasteiger charge is 2.53. The van der Waals surface area contributed by atoms with Crippen LogP contribution in [0, 0.1) is 0 Å². The first-order valence-corrected chi connectivity index (χ1v) is 12.1. The summed E-state index contributed by atoms with van der Waals surface area (Å²) in [6.07, 6.45) is -4.27. The Hall–Kier alpha value is -2.33. The fourth-order valence-corrected chi connectivity index (χ4v) is 4.57. The van der Waals surface area contributed by atoms with Crippen molar-refractivity contribution in [3.63, 3.8) is 0 Å². The van der Waals surface area contributed by atoms with Crippen molar-refractivity contribution in [1.82, 2.24) is 0 Å². The van der Waals surface area contributed by atoms with Gasteiger partial charge in [0.2, 0.25) is 0 Å². The third kappa shape index (κ3) is 6.67. The van der Waals surface area contributed by atoms with Gasteiger partial charge in [0.05, 0.1) is 44.6 Å². The smallest absolute Gasteiger partial charge is 0.308 e. The number of aliphatic hydroxyl groups is 1. The highest BCUT2D eigenvalue weighted by atomic mass is 16.7. The van der Waals surface area contributed by atoms with Crippen LogP contribution in [0.15, 0.2) is 60.7 Å². The number of hydrogen-bond donors (Lipinski definition) is 1. The van der Waals surface area contributed by atoms with Crippen LogP contribution in [0.3, 0.4) is 0 Å². The van der Waals surface area contributed by atoms with E-state index in [2.05, 4.69) is 0 Å². The van der Waals surface area contributed by atoms with Crippen molar-refractivity contribution in [3.8, 4) is 0 Å². The molecule has 2 aliphatic heterocycles. The SMILES string of the molecule is CCOC(=O)C[C@H]1O[C@H]2[C@H](OCc3ccccc3)[C@@H](OCc3ccccc3)[C@@H](OC)O[C@@H]2C[C@@H]1O. The van der Waals surface area contributed by atoms with Crippen LogP contribution in [0.4, 0.5) is 0 Å². The van der Waals surface area contributed by atoms with E-state index in [1.165, 1.54) is 0 Å². The molecule has 2 aromatic rings. The van der Waals surface area contributed by atoms with Crippen molar-refractivity contribution in [1.29, 1.82) is 0 Å². The van der Waals surface area contributed by atoms with Gasteiger partial charge in [-0.2, -0.15) is 0 Å². The molecule has 0 aliphatic carbocycles. The van der Waals surface area contributed by atoms with E-state index < -0.39 is 48.9 Å². The third-order valence-electron chi connectivity index (χ3n) is 6.30. The number of methoxy groups -OCH3 is 1. The second kappa shape index (κ2) is 12.6. The zero-order valence-electron chi connectivity index (χ0n) is 20.2. The fourth-order valence-electron chi connectivity index (χ4n) is 4.57. The van der Waals surface area contributed by atoms with Gasteiger partial charge in [-0.15, -0.1) is 0 Å². The minimum absolute atomic E-state index is 0.0487. The number of carbonyl (C=O) groups is 1. The maximum atomic E-state index is 12.1. The molecular formula is C27H34O8. The summed E-state index contributed by atoms with van der Waals surface area (Å²) < 4.78 is 35.8. The predicted molar refractivity (Wildman–Crippen MR) is 126 cm³/mol. The normalized spacial score (nSPS) is 30.4. The average molecular weight is 487 g/mol. The molecule has 2 aromatic carbocycles. The number of fused-ring (bicyclic) bond motifs is 1. The number of aliphatic hydroxyl groups excluding tert-OH is 1. The van der Waals surface area contributed by atoms with E-state index in [1.54, 1.807) is 14.0 Å². The molecule has 8 heteroatoms. The van der Waals surface area contributed by atoms with Gasteiger partial charge in [-0.25, -0.2) is 0 Å². The van der Waals surface area contributed by atoms with Crippen LogP contribution in [0.25, 0.3) is 0 Å². The number of hydrogen-bond acceptors (Lipinski definition) is 8. The van der Waals surface area contributed by atoms with E-state index in [0.29, 0.717) is 13.2 Å². The second-order valence-corrected chi connectivity index (χ2v) is 8.75. The summed E-state index contributed by atoms with van der Waals surface area (Å²) >= 11 is 0. The number of ether oxygens (including phenoxy) is 6. The number of carbonyl (C=O) groups excluding carboxylic acids is 1. The molecule has 0 radical (unpaired) electrons. The highest BCUT2D eigenvalue weighted by molar-refractivity contribution is 5.70. The lowest BCUT2D eigenvalue weighted by molar-refractivity contribution is -0.340. The van der Waals surface area contributed by atoms with Crippen LogP contribution in [-0.4, -0.2) is 67.7 Å². The summed E-state index contributed by atoms with van der Waals surface area (Å²) in [5.41, 5.74) is 2.01. The van der Waals surface area contributed by atoms with E-state index in [9.17, 15) is 9.90 Å². The molecule has 0 unspecified atom stereocenters. The Kier molecular flexibility index (Phi) is 9.25. The first-order valence-electron chi connectivity index (χ1n) is 12.1. The Morgan fingerprint density at radius 2 is 1.54 bits per heavy atom. The maximum Gasteiger partial charge on any atom is 0.308 e. The van der Waals surface area contributed by atoms with E-state index in [-0.39, 0.29) is 19.4 Å². The molecule has 8 nitrogen and oxygen atoms in total. The summed E-state index contributed by atoms with van der Waals surface area (Å²) in [6, 6.07) is 19.7. The first-order chi connectivity index (χ1) is 17.1. The van der Waals surface area contributed by atoms with Gasteiger partial charge >= 0.3 is 5.97 Å². The van der Waals surface area contributed by atoms with Crippen molar-refractivity contribution < 1.29 is 38.3 Å². The Labute approximate surface area is 206 Å². The average Bonchev–Trinajstić information content (AvgIpc) is 2.88. The molecule has 0 spiro atoms. The van der Waals surface area contributed by atoms with Crippen molar-refractivity contribution >= 4 is 5.97 Å². The second-order valence-electron chi connectivity index (χ2n) is 8.75. The van der Waals surface area contributed by atoms with Gasteiger partial charge < -0.3 is 33.5 Å². The van der Waals surface area contributed by atoms with Crippen molar-refractivity contribution in [3.05, 3.63) is 71.8 Å². The molecule has 7 atom stereocenters. The predicted octanol–water partition coefficient (Wildman–Crippen LogP) is 3.00.